The highest BCUT2D eigenvalue weighted by atomic mass is 16.5. The third-order valence-corrected chi connectivity index (χ3v) is 5.89. The van der Waals surface area contributed by atoms with Crippen LogP contribution >= 0.6 is 0 Å². The van der Waals surface area contributed by atoms with Crippen molar-refractivity contribution in [2.24, 2.45) is 0 Å². The number of hydrogen-bond donors (Lipinski definition) is 2. The molecule has 9 nitrogen and oxygen atoms in total. The standard InChI is InChI=1S/C25H30N6O3/c1-17(20-6-4-18(25(32)26-2)12-22(20)33-3)14-27-23-13-21(29-16-30-23)19-5-7-24(28-15-19)31-8-10-34-11-9-31/h4-7,12-13,15-17H,8-11,14H2,1-3H3,(H,26,32)(H,27,29,30)/t17-/m1/s1. The Morgan fingerprint density at radius 2 is 1.97 bits per heavy atom. The lowest BCUT2D eigenvalue weighted by Gasteiger charge is -2.27. The van der Waals surface area contributed by atoms with E-state index in [1.165, 1.54) is 0 Å². The Hall–Kier alpha value is -3.72. The number of ether oxygens (including phenoxy) is 2. The zero-order valence-corrected chi connectivity index (χ0v) is 19.7. The summed E-state index contributed by atoms with van der Waals surface area (Å²) in [6.45, 7) is 5.90. The topological polar surface area (TPSA) is 102 Å². The van der Waals surface area contributed by atoms with Gasteiger partial charge >= 0.3 is 0 Å². The number of methoxy groups -OCH3 is 1. The average Bonchev–Trinajstić information content (AvgIpc) is 2.91. The number of aromatic nitrogens is 3. The zero-order valence-electron chi connectivity index (χ0n) is 19.7. The van der Waals surface area contributed by atoms with E-state index in [9.17, 15) is 4.79 Å². The molecule has 0 radical (unpaired) electrons. The van der Waals surface area contributed by atoms with Crippen LogP contribution in [0.5, 0.6) is 5.75 Å². The Morgan fingerprint density at radius 1 is 1.15 bits per heavy atom. The van der Waals surface area contributed by atoms with E-state index in [2.05, 4.69) is 37.4 Å². The van der Waals surface area contributed by atoms with Gasteiger partial charge in [-0.3, -0.25) is 4.79 Å². The summed E-state index contributed by atoms with van der Waals surface area (Å²) >= 11 is 0. The van der Waals surface area contributed by atoms with Gasteiger partial charge in [-0.25, -0.2) is 15.0 Å². The van der Waals surface area contributed by atoms with Crippen LogP contribution in [0.1, 0.15) is 28.8 Å². The van der Waals surface area contributed by atoms with Crippen molar-refractivity contribution in [2.75, 3.05) is 57.2 Å². The largest absolute Gasteiger partial charge is 0.496 e. The van der Waals surface area contributed by atoms with E-state index in [1.807, 2.05) is 36.5 Å². The molecule has 1 atom stereocenters. The van der Waals surface area contributed by atoms with Crippen LogP contribution in [0.15, 0.2) is 48.9 Å². The lowest BCUT2D eigenvalue weighted by molar-refractivity contribution is 0.0962. The molecule has 0 saturated carbocycles. The second kappa shape index (κ2) is 10.9. The van der Waals surface area contributed by atoms with Gasteiger partial charge in [0.2, 0.25) is 0 Å². The first-order chi connectivity index (χ1) is 16.6. The van der Waals surface area contributed by atoms with Crippen molar-refractivity contribution < 1.29 is 14.3 Å². The molecule has 34 heavy (non-hydrogen) atoms. The third kappa shape index (κ3) is 5.43. The molecule has 1 aliphatic heterocycles. The molecule has 9 heteroatoms. The molecule has 1 aromatic carbocycles. The maximum atomic E-state index is 11.9. The fourth-order valence-corrected chi connectivity index (χ4v) is 3.90. The van der Waals surface area contributed by atoms with Crippen molar-refractivity contribution in [2.45, 2.75) is 12.8 Å². The monoisotopic (exact) mass is 462 g/mol. The molecule has 1 saturated heterocycles. The molecular formula is C25H30N6O3. The minimum atomic E-state index is -0.142. The summed E-state index contributed by atoms with van der Waals surface area (Å²) in [5.74, 6) is 2.35. The van der Waals surface area contributed by atoms with E-state index in [4.69, 9.17) is 9.47 Å². The lowest BCUT2D eigenvalue weighted by Crippen LogP contribution is -2.36. The van der Waals surface area contributed by atoms with Crippen LogP contribution in [-0.2, 0) is 4.74 Å². The van der Waals surface area contributed by atoms with E-state index in [0.29, 0.717) is 17.9 Å². The summed E-state index contributed by atoms with van der Waals surface area (Å²) in [5, 5.41) is 6.02. The van der Waals surface area contributed by atoms with Crippen molar-refractivity contribution >= 4 is 17.5 Å². The Labute approximate surface area is 199 Å². The van der Waals surface area contributed by atoms with Gasteiger partial charge in [0.25, 0.3) is 5.91 Å². The number of carbonyl (C=O) groups excluding carboxylic acids is 1. The van der Waals surface area contributed by atoms with Crippen LogP contribution in [0, 0.1) is 0 Å². The molecular weight excluding hydrogens is 432 g/mol. The summed E-state index contributed by atoms with van der Waals surface area (Å²) in [7, 11) is 3.22. The van der Waals surface area contributed by atoms with Crippen LogP contribution in [0.25, 0.3) is 11.3 Å². The van der Waals surface area contributed by atoms with Crippen molar-refractivity contribution in [1.29, 1.82) is 0 Å². The van der Waals surface area contributed by atoms with Crippen molar-refractivity contribution in [1.82, 2.24) is 20.3 Å². The second-order valence-electron chi connectivity index (χ2n) is 8.11. The predicted molar refractivity (Wildman–Crippen MR) is 132 cm³/mol. The number of pyridine rings is 1. The summed E-state index contributed by atoms with van der Waals surface area (Å²) in [5.41, 5.74) is 3.32. The third-order valence-electron chi connectivity index (χ3n) is 5.89. The molecule has 4 rings (SSSR count). The van der Waals surface area contributed by atoms with Crippen molar-refractivity contribution in [3.05, 3.63) is 60.0 Å². The number of anilines is 2. The molecule has 0 unspecified atom stereocenters. The highest BCUT2D eigenvalue weighted by Crippen LogP contribution is 2.28. The smallest absolute Gasteiger partial charge is 0.251 e. The average molecular weight is 463 g/mol. The first-order valence-electron chi connectivity index (χ1n) is 11.3. The highest BCUT2D eigenvalue weighted by molar-refractivity contribution is 5.94. The van der Waals surface area contributed by atoms with E-state index >= 15 is 0 Å². The summed E-state index contributed by atoms with van der Waals surface area (Å²) in [6.07, 6.45) is 3.40. The number of nitrogens with one attached hydrogen (secondary N) is 2. The van der Waals surface area contributed by atoms with Crippen LogP contribution in [0.2, 0.25) is 0 Å². The van der Waals surface area contributed by atoms with Crippen LogP contribution in [0.3, 0.4) is 0 Å². The van der Waals surface area contributed by atoms with E-state index in [1.54, 1.807) is 26.6 Å². The number of benzene rings is 1. The Bertz CT molecular complexity index is 1120. The maximum absolute atomic E-state index is 11.9. The van der Waals surface area contributed by atoms with E-state index in [-0.39, 0.29) is 11.8 Å². The van der Waals surface area contributed by atoms with E-state index < -0.39 is 0 Å². The normalized spacial score (nSPS) is 14.4. The second-order valence-corrected chi connectivity index (χ2v) is 8.11. The molecule has 3 aromatic rings. The molecule has 0 spiro atoms. The minimum absolute atomic E-state index is 0.126. The molecule has 1 aliphatic rings. The first-order valence-corrected chi connectivity index (χ1v) is 11.3. The molecule has 1 amide bonds. The van der Waals surface area contributed by atoms with E-state index in [0.717, 1.165) is 54.8 Å². The Kier molecular flexibility index (Phi) is 7.54. The Balaban J connectivity index is 1.42. The highest BCUT2D eigenvalue weighted by Gasteiger charge is 2.15. The minimum Gasteiger partial charge on any atom is -0.496 e. The van der Waals surface area contributed by atoms with Gasteiger partial charge in [0.1, 0.15) is 23.7 Å². The number of morpholine rings is 1. The van der Waals surface area contributed by atoms with Gasteiger partial charge in [-0.1, -0.05) is 13.0 Å². The molecule has 3 heterocycles. The lowest BCUT2D eigenvalue weighted by atomic mass is 9.98. The fraction of sp³-hybridized carbons (Fsp3) is 0.360. The van der Waals surface area contributed by atoms with Gasteiger partial charge in [0.05, 0.1) is 26.0 Å². The van der Waals surface area contributed by atoms with Crippen molar-refractivity contribution in [3.63, 3.8) is 0 Å². The van der Waals surface area contributed by atoms with Gasteiger partial charge in [0, 0.05) is 56.0 Å². The SMILES string of the molecule is CNC(=O)c1ccc([C@H](C)CNc2cc(-c3ccc(N4CCOCC4)nc3)ncn2)c(OC)c1. The van der Waals surface area contributed by atoms with Gasteiger partial charge in [0.15, 0.2) is 0 Å². The first kappa shape index (κ1) is 23.4. The van der Waals surface area contributed by atoms with Gasteiger partial charge < -0.3 is 25.0 Å². The van der Waals surface area contributed by atoms with Gasteiger partial charge in [-0.15, -0.1) is 0 Å². The Morgan fingerprint density at radius 3 is 2.68 bits per heavy atom. The molecule has 178 valence electrons. The van der Waals surface area contributed by atoms with Crippen LogP contribution in [0.4, 0.5) is 11.6 Å². The van der Waals surface area contributed by atoms with Gasteiger partial charge in [-0.2, -0.15) is 0 Å². The molecule has 0 bridgehead atoms. The summed E-state index contributed by atoms with van der Waals surface area (Å²) in [4.78, 5) is 27.5. The quantitative estimate of drug-likeness (QED) is 0.527. The van der Waals surface area contributed by atoms with Gasteiger partial charge in [-0.05, 0) is 29.8 Å². The number of nitrogens with zero attached hydrogens (tertiary/aromatic N) is 4. The van der Waals surface area contributed by atoms with Crippen LogP contribution < -0.4 is 20.3 Å². The molecule has 1 fully saturated rings. The summed E-state index contributed by atoms with van der Waals surface area (Å²) in [6, 6.07) is 11.5. The number of hydrogen-bond acceptors (Lipinski definition) is 8. The van der Waals surface area contributed by atoms with Crippen molar-refractivity contribution in [3.8, 4) is 17.0 Å². The predicted octanol–water partition coefficient (Wildman–Crippen LogP) is 2.96. The number of carbonyl (C=O) groups is 1. The molecule has 0 aliphatic carbocycles. The maximum Gasteiger partial charge on any atom is 0.251 e. The number of rotatable bonds is 8. The zero-order chi connectivity index (χ0) is 23.9. The summed E-state index contributed by atoms with van der Waals surface area (Å²) < 4.78 is 10.9. The fourth-order valence-electron chi connectivity index (χ4n) is 3.90. The molecule has 2 N–H and O–H groups in total. The number of amides is 1. The van der Waals surface area contributed by atoms with Crippen LogP contribution in [-0.4, -0.2) is 67.9 Å². The molecule has 2 aromatic heterocycles.